The number of halogens is 1. The summed E-state index contributed by atoms with van der Waals surface area (Å²) in [5.41, 5.74) is 0.923. The maximum atomic E-state index is 12.6. The van der Waals surface area contributed by atoms with Crippen molar-refractivity contribution in [3.63, 3.8) is 0 Å². The second-order valence-electron chi connectivity index (χ2n) is 4.74. The molecule has 8 heteroatoms. The molecular formula is C15H11ClN4O2S. The van der Waals surface area contributed by atoms with Crippen molar-refractivity contribution in [3.8, 4) is 6.07 Å². The summed E-state index contributed by atoms with van der Waals surface area (Å²) in [6.07, 6.45) is 1.49. The molecule has 2 aromatic carbocycles. The van der Waals surface area contributed by atoms with E-state index in [4.69, 9.17) is 22.7 Å². The first-order chi connectivity index (χ1) is 11.0. The van der Waals surface area contributed by atoms with Gasteiger partial charge in [-0.3, -0.25) is 0 Å². The number of nitriles is 1. The first-order valence-electron chi connectivity index (χ1n) is 6.51. The molecule has 0 spiro atoms. The number of fused-ring (bicyclic) bond motifs is 1. The summed E-state index contributed by atoms with van der Waals surface area (Å²) >= 11 is 6.07. The zero-order chi connectivity index (χ0) is 16.6. The molecule has 0 saturated carbocycles. The molecule has 0 bridgehead atoms. The van der Waals surface area contributed by atoms with Gasteiger partial charge in [0.25, 0.3) is 10.0 Å². The fraction of sp³-hybridized carbons (Fsp3) is 0. The van der Waals surface area contributed by atoms with E-state index >= 15 is 0 Å². The Morgan fingerprint density at radius 1 is 1.17 bits per heavy atom. The molecule has 23 heavy (non-hydrogen) atoms. The van der Waals surface area contributed by atoms with Gasteiger partial charge in [0.2, 0.25) is 0 Å². The van der Waals surface area contributed by atoms with E-state index in [0.29, 0.717) is 25.9 Å². The highest BCUT2D eigenvalue weighted by atomic mass is 35.5. The largest absolute Gasteiger partial charge is 0.358 e. The summed E-state index contributed by atoms with van der Waals surface area (Å²) in [4.78, 5) is 2.93. The first kappa shape index (κ1) is 15.4. The topological polar surface area (TPSA) is 103 Å². The average Bonchev–Trinajstić information content (AvgIpc) is 2.96. The molecule has 3 aromatic rings. The zero-order valence-corrected chi connectivity index (χ0v) is 13.3. The Bertz CT molecular complexity index is 1020. The number of hydrazine groups is 1. The van der Waals surface area contributed by atoms with Gasteiger partial charge in [0, 0.05) is 11.6 Å². The number of hydrogen-bond donors (Lipinski definition) is 2. The molecule has 1 aromatic heterocycles. The van der Waals surface area contributed by atoms with Crippen LogP contribution in [-0.4, -0.2) is 13.4 Å². The van der Waals surface area contributed by atoms with Gasteiger partial charge in [0.05, 0.1) is 32.8 Å². The average molecular weight is 347 g/mol. The number of rotatable bonds is 3. The van der Waals surface area contributed by atoms with Gasteiger partial charge in [-0.05, 0) is 24.3 Å². The second kappa shape index (κ2) is 5.59. The van der Waals surface area contributed by atoms with Crippen LogP contribution in [0.15, 0.2) is 53.6 Å². The summed E-state index contributed by atoms with van der Waals surface area (Å²) in [5.74, 6) is 5.87. The van der Waals surface area contributed by atoms with Crippen molar-refractivity contribution in [2.75, 3.05) is 4.41 Å². The molecule has 0 aliphatic heterocycles. The van der Waals surface area contributed by atoms with Gasteiger partial charge in [-0.1, -0.05) is 29.8 Å². The first-order valence-corrected chi connectivity index (χ1v) is 8.33. The maximum Gasteiger partial charge on any atom is 0.277 e. The fourth-order valence-electron chi connectivity index (χ4n) is 2.31. The molecule has 116 valence electrons. The van der Waals surface area contributed by atoms with Gasteiger partial charge in [0.1, 0.15) is 0 Å². The molecule has 0 aliphatic carbocycles. The molecule has 0 aliphatic rings. The van der Waals surface area contributed by atoms with Gasteiger partial charge < -0.3 is 4.98 Å². The van der Waals surface area contributed by atoms with E-state index in [1.807, 2.05) is 6.07 Å². The number of benzene rings is 2. The minimum absolute atomic E-state index is 0.0673. The van der Waals surface area contributed by atoms with E-state index in [2.05, 4.69) is 4.98 Å². The van der Waals surface area contributed by atoms with Crippen LogP contribution >= 0.6 is 11.6 Å². The van der Waals surface area contributed by atoms with E-state index in [1.54, 1.807) is 18.2 Å². The number of sulfonamides is 1. The Morgan fingerprint density at radius 2 is 1.87 bits per heavy atom. The van der Waals surface area contributed by atoms with Crippen molar-refractivity contribution in [2.24, 2.45) is 5.84 Å². The van der Waals surface area contributed by atoms with Crippen LogP contribution in [-0.2, 0) is 10.0 Å². The number of nitrogens with zero attached hydrogens (tertiary/aromatic N) is 2. The van der Waals surface area contributed by atoms with Gasteiger partial charge in [-0.15, -0.1) is 0 Å². The third kappa shape index (κ3) is 2.43. The van der Waals surface area contributed by atoms with Crippen molar-refractivity contribution in [2.45, 2.75) is 4.90 Å². The molecule has 0 atom stereocenters. The Balaban J connectivity index is 2.20. The lowest BCUT2D eigenvalue weighted by molar-refractivity contribution is 0.592. The van der Waals surface area contributed by atoms with Crippen LogP contribution < -0.4 is 10.3 Å². The molecule has 0 saturated heterocycles. The van der Waals surface area contributed by atoms with E-state index in [-0.39, 0.29) is 10.6 Å². The number of anilines is 1. The van der Waals surface area contributed by atoms with Crippen LogP contribution in [0, 0.1) is 11.3 Å². The molecular weight excluding hydrogens is 336 g/mol. The Labute approximate surface area is 137 Å². The number of aromatic amines is 1. The minimum atomic E-state index is -3.93. The summed E-state index contributed by atoms with van der Waals surface area (Å²) in [6, 6.07) is 12.8. The Morgan fingerprint density at radius 3 is 2.52 bits per heavy atom. The number of hydrogen-bond acceptors (Lipinski definition) is 4. The number of nitrogens with one attached hydrogen (secondary N) is 1. The van der Waals surface area contributed by atoms with Gasteiger partial charge in [0.15, 0.2) is 0 Å². The quantitative estimate of drug-likeness (QED) is 0.562. The molecule has 0 radical (unpaired) electrons. The minimum Gasteiger partial charge on any atom is -0.358 e. The highest BCUT2D eigenvalue weighted by Crippen LogP contribution is 2.34. The van der Waals surface area contributed by atoms with Crippen LogP contribution in [0.5, 0.6) is 0 Å². The molecule has 0 amide bonds. The summed E-state index contributed by atoms with van der Waals surface area (Å²) in [6.45, 7) is 0. The smallest absolute Gasteiger partial charge is 0.277 e. The van der Waals surface area contributed by atoms with Crippen LogP contribution in [0.1, 0.15) is 5.56 Å². The summed E-state index contributed by atoms with van der Waals surface area (Å²) in [7, 11) is -3.93. The number of H-pyrrole nitrogens is 1. The van der Waals surface area contributed by atoms with E-state index in [1.165, 1.54) is 30.5 Å². The SMILES string of the molecule is N#Cc1ccc(N(N)S(=O)(=O)c2ccccc2)c2[nH]cc(Cl)c12. The maximum absolute atomic E-state index is 12.6. The third-order valence-electron chi connectivity index (χ3n) is 3.42. The van der Waals surface area contributed by atoms with Crippen molar-refractivity contribution in [3.05, 3.63) is 59.2 Å². The fourth-order valence-corrected chi connectivity index (χ4v) is 3.70. The van der Waals surface area contributed by atoms with Crippen molar-refractivity contribution in [1.82, 2.24) is 4.98 Å². The zero-order valence-electron chi connectivity index (χ0n) is 11.7. The number of nitrogens with two attached hydrogens (primary N) is 1. The normalized spacial score (nSPS) is 11.3. The lowest BCUT2D eigenvalue weighted by Crippen LogP contribution is -2.37. The van der Waals surface area contributed by atoms with Gasteiger partial charge >= 0.3 is 0 Å². The van der Waals surface area contributed by atoms with Gasteiger partial charge in [-0.25, -0.2) is 5.84 Å². The monoisotopic (exact) mass is 346 g/mol. The van der Waals surface area contributed by atoms with Crippen molar-refractivity contribution < 1.29 is 8.42 Å². The van der Waals surface area contributed by atoms with E-state index in [0.717, 1.165) is 0 Å². The predicted octanol–water partition coefficient (Wildman–Crippen LogP) is 2.76. The van der Waals surface area contributed by atoms with Crippen LogP contribution in [0.25, 0.3) is 10.9 Å². The predicted molar refractivity (Wildman–Crippen MR) is 88.3 cm³/mol. The van der Waals surface area contributed by atoms with E-state index < -0.39 is 10.0 Å². The standard InChI is InChI=1S/C15H11ClN4O2S/c16-12-9-19-15-13(7-6-10(8-17)14(12)15)20(18)23(21,22)11-4-2-1-3-5-11/h1-7,9,19H,18H2. The second-order valence-corrected chi connectivity index (χ2v) is 6.97. The highest BCUT2D eigenvalue weighted by Gasteiger charge is 2.25. The molecule has 3 N–H and O–H groups in total. The van der Waals surface area contributed by atoms with Crippen LogP contribution in [0.4, 0.5) is 5.69 Å². The lowest BCUT2D eigenvalue weighted by Gasteiger charge is -2.19. The van der Waals surface area contributed by atoms with Gasteiger partial charge in [-0.2, -0.15) is 18.1 Å². The molecule has 0 unspecified atom stereocenters. The Hall–Kier alpha value is -2.53. The lowest BCUT2D eigenvalue weighted by atomic mass is 10.1. The third-order valence-corrected chi connectivity index (χ3v) is 5.30. The van der Waals surface area contributed by atoms with Crippen LogP contribution in [0.3, 0.4) is 0 Å². The summed E-state index contributed by atoms with van der Waals surface area (Å²) in [5, 5.41) is 9.92. The summed E-state index contributed by atoms with van der Waals surface area (Å²) < 4.78 is 25.9. The highest BCUT2D eigenvalue weighted by molar-refractivity contribution is 7.92. The number of aromatic nitrogens is 1. The molecule has 3 rings (SSSR count). The molecule has 0 fully saturated rings. The molecule has 1 heterocycles. The molecule has 6 nitrogen and oxygen atoms in total. The van der Waals surface area contributed by atoms with E-state index in [9.17, 15) is 8.42 Å². The Kier molecular flexibility index (Phi) is 3.74. The van der Waals surface area contributed by atoms with Crippen molar-refractivity contribution in [1.29, 1.82) is 5.26 Å². The van der Waals surface area contributed by atoms with Crippen LogP contribution in [0.2, 0.25) is 5.02 Å². The van der Waals surface area contributed by atoms with Crippen molar-refractivity contribution >= 4 is 38.2 Å².